The number of aromatic nitrogens is 3. The molecule has 1 aromatic heterocycles. The normalized spacial score (nSPS) is 16.5. The second-order valence-corrected chi connectivity index (χ2v) is 7.12. The summed E-state index contributed by atoms with van der Waals surface area (Å²) in [5.74, 6) is -0.256. The molecule has 1 N–H and O–H groups in total. The third kappa shape index (κ3) is 4.58. The first kappa shape index (κ1) is 20.4. The summed E-state index contributed by atoms with van der Waals surface area (Å²) in [5.41, 5.74) is 1.11. The van der Waals surface area contributed by atoms with Crippen LogP contribution < -0.4 is 5.32 Å². The van der Waals surface area contributed by atoms with Crippen LogP contribution in [0, 0.1) is 17.0 Å². The molecule has 1 aromatic carbocycles. The first-order valence-electron chi connectivity index (χ1n) is 9.66. The van der Waals surface area contributed by atoms with E-state index in [4.69, 9.17) is 0 Å². The summed E-state index contributed by atoms with van der Waals surface area (Å²) in [6.07, 6.45) is 2.88. The van der Waals surface area contributed by atoms with Crippen LogP contribution in [-0.4, -0.2) is 55.8 Å². The molecule has 154 valence electrons. The number of nitro groups is 1. The van der Waals surface area contributed by atoms with Gasteiger partial charge in [-0.05, 0) is 32.3 Å². The first-order chi connectivity index (χ1) is 13.9. The minimum Gasteiger partial charge on any atom is -0.352 e. The number of nitrogens with one attached hydrogen (secondary N) is 1. The van der Waals surface area contributed by atoms with Gasteiger partial charge in [-0.15, -0.1) is 5.10 Å². The Balaban J connectivity index is 1.76. The summed E-state index contributed by atoms with van der Waals surface area (Å²) in [7, 11) is 0. The maximum Gasteiger partial charge on any atom is 0.276 e. The van der Waals surface area contributed by atoms with Gasteiger partial charge in [0, 0.05) is 37.7 Å². The highest BCUT2D eigenvalue weighted by Crippen LogP contribution is 2.20. The van der Waals surface area contributed by atoms with Crippen molar-refractivity contribution in [3.63, 3.8) is 0 Å². The standard InChI is InChI=1S/C19H24N6O4/c1-3-6-17(26)20-14-7-5-10-23(12-14)19(27)18-13(2)24(22-21-18)15-8-4-9-16(11-15)25(28)29/h4,8-9,11,14H,3,5-7,10,12H2,1-2H3,(H,20,26). The van der Waals surface area contributed by atoms with Crippen LogP contribution in [0.4, 0.5) is 5.69 Å². The molecule has 1 fully saturated rings. The molecular weight excluding hydrogens is 376 g/mol. The van der Waals surface area contributed by atoms with Crippen molar-refractivity contribution in [1.29, 1.82) is 0 Å². The minimum atomic E-state index is -0.484. The molecule has 0 aliphatic carbocycles. The Labute approximate surface area is 168 Å². The van der Waals surface area contributed by atoms with Crippen molar-refractivity contribution in [3.05, 3.63) is 45.8 Å². The van der Waals surface area contributed by atoms with E-state index in [1.165, 1.54) is 16.8 Å². The predicted octanol–water partition coefficient (Wildman–Crippen LogP) is 2.00. The quantitative estimate of drug-likeness (QED) is 0.584. The Morgan fingerprint density at radius 3 is 2.90 bits per heavy atom. The third-order valence-electron chi connectivity index (χ3n) is 4.93. The van der Waals surface area contributed by atoms with E-state index in [0.717, 1.165) is 19.3 Å². The van der Waals surface area contributed by atoms with E-state index in [0.29, 0.717) is 30.9 Å². The lowest BCUT2D eigenvalue weighted by Crippen LogP contribution is -2.49. The number of benzene rings is 1. The summed E-state index contributed by atoms with van der Waals surface area (Å²) >= 11 is 0. The lowest BCUT2D eigenvalue weighted by Gasteiger charge is -2.32. The van der Waals surface area contributed by atoms with Gasteiger partial charge in [0.05, 0.1) is 16.3 Å². The molecule has 1 unspecified atom stereocenters. The van der Waals surface area contributed by atoms with E-state index in [9.17, 15) is 19.7 Å². The summed E-state index contributed by atoms with van der Waals surface area (Å²) in [5, 5.41) is 22.0. The van der Waals surface area contributed by atoms with E-state index in [2.05, 4.69) is 15.6 Å². The van der Waals surface area contributed by atoms with Gasteiger partial charge in [-0.2, -0.15) is 0 Å². The van der Waals surface area contributed by atoms with E-state index in [-0.39, 0.29) is 29.2 Å². The molecule has 0 spiro atoms. The van der Waals surface area contributed by atoms with Crippen molar-refractivity contribution in [1.82, 2.24) is 25.2 Å². The van der Waals surface area contributed by atoms with Crippen LogP contribution in [0.5, 0.6) is 0 Å². The van der Waals surface area contributed by atoms with Gasteiger partial charge in [0.25, 0.3) is 11.6 Å². The van der Waals surface area contributed by atoms with Gasteiger partial charge < -0.3 is 10.2 Å². The highest BCUT2D eigenvalue weighted by molar-refractivity contribution is 5.93. The van der Waals surface area contributed by atoms with Gasteiger partial charge in [0.15, 0.2) is 5.69 Å². The smallest absolute Gasteiger partial charge is 0.276 e. The van der Waals surface area contributed by atoms with Gasteiger partial charge in [-0.3, -0.25) is 19.7 Å². The molecule has 1 saturated heterocycles. The Bertz CT molecular complexity index is 925. The number of hydrogen-bond donors (Lipinski definition) is 1. The van der Waals surface area contributed by atoms with E-state index in [1.54, 1.807) is 24.0 Å². The van der Waals surface area contributed by atoms with Crippen molar-refractivity contribution in [3.8, 4) is 5.69 Å². The van der Waals surface area contributed by atoms with E-state index in [1.807, 2.05) is 6.92 Å². The van der Waals surface area contributed by atoms with Crippen LogP contribution in [0.15, 0.2) is 24.3 Å². The lowest BCUT2D eigenvalue weighted by molar-refractivity contribution is -0.384. The zero-order valence-electron chi connectivity index (χ0n) is 16.5. The fraction of sp³-hybridized carbons (Fsp3) is 0.474. The molecule has 1 atom stereocenters. The monoisotopic (exact) mass is 400 g/mol. The lowest BCUT2D eigenvalue weighted by atomic mass is 10.0. The van der Waals surface area contributed by atoms with E-state index >= 15 is 0 Å². The van der Waals surface area contributed by atoms with Gasteiger partial charge in [-0.1, -0.05) is 18.2 Å². The van der Waals surface area contributed by atoms with Gasteiger partial charge in [0.2, 0.25) is 5.91 Å². The number of piperidine rings is 1. The Kier molecular flexibility index (Phi) is 6.20. The molecule has 2 amide bonds. The molecule has 10 nitrogen and oxygen atoms in total. The molecule has 2 heterocycles. The predicted molar refractivity (Wildman–Crippen MR) is 105 cm³/mol. The summed E-state index contributed by atoms with van der Waals surface area (Å²) < 4.78 is 1.42. The molecule has 0 radical (unpaired) electrons. The highest BCUT2D eigenvalue weighted by Gasteiger charge is 2.28. The zero-order chi connectivity index (χ0) is 21.0. The Morgan fingerprint density at radius 2 is 2.17 bits per heavy atom. The SMILES string of the molecule is CCCC(=O)NC1CCCN(C(=O)c2nnn(-c3cccc([N+](=O)[O-])c3)c2C)C1. The topological polar surface area (TPSA) is 123 Å². The number of carbonyl (C=O) groups is 2. The maximum absolute atomic E-state index is 13.0. The number of amides is 2. The van der Waals surface area contributed by atoms with Crippen LogP contribution in [0.25, 0.3) is 5.69 Å². The van der Waals surface area contributed by atoms with Crippen molar-refractivity contribution in [2.45, 2.75) is 45.6 Å². The number of rotatable bonds is 6. The number of likely N-dealkylation sites (tertiary alicyclic amines) is 1. The number of nitro benzene ring substituents is 1. The van der Waals surface area contributed by atoms with Crippen LogP contribution in [-0.2, 0) is 4.79 Å². The average molecular weight is 400 g/mol. The molecule has 10 heteroatoms. The fourth-order valence-corrected chi connectivity index (χ4v) is 3.47. The van der Waals surface area contributed by atoms with Crippen LogP contribution in [0.2, 0.25) is 0 Å². The molecule has 3 rings (SSSR count). The molecule has 2 aromatic rings. The number of carbonyl (C=O) groups excluding carboxylic acids is 2. The van der Waals surface area contributed by atoms with Gasteiger partial charge in [-0.25, -0.2) is 4.68 Å². The number of nitrogens with zero attached hydrogens (tertiary/aromatic N) is 5. The summed E-state index contributed by atoms with van der Waals surface area (Å²) in [6.45, 7) is 4.67. The van der Waals surface area contributed by atoms with Crippen molar-refractivity contribution >= 4 is 17.5 Å². The molecule has 0 saturated carbocycles. The summed E-state index contributed by atoms with van der Waals surface area (Å²) in [4.78, 5) is 37.0. The molecule has 29 heavy (non-hydrogen) atoms. The number of hydrogen-bond acceptors (Lipinski definition) is 6. The van der Waals surface area contributed by atoms with Crippen molar-refractivity contribution in [2.24, 2.45) is 0 Å². The third-order valence-corrected chi connectivity index (χ3v) is 4.93. The minimum absolute atomic E-state index is 0.000374. The van der Waals surface area contributed by atoms with Crippen molar-refractivity contribution < 1.29 is 14.5 Å². The second-order valence-electron chi connectivity index (χ2n) is 7.12. The average Bonchev–Trinajstić information content (AvgIpc) is 3.09. The van der Waals surface area contributed by atoms with Crippen LogP contribution >= 0.6 is 0 Å². The van der Waals surface area contributed by atoms with Crippen molar-refractivity contribution in [2.75, 3.05) is 13.1 Å². The zero-order valence-corrected chi connectivity index (χ0v) is 16.5. The second kappa shape index (κ2) is 8.80. The number of non-ortho nitro benzene ring substituents is 1. The molecule has 1 aliphatic heterocycles. The van der Waals surface area contributed by atoms with Crippen LogP contribution in [0.1, 0.15) is 48.8 Å². The van der Waals surface area contributed by atoms with Crippen LogP contribution in [0.3, 0.4) is 0 Å². The molecule has 1 aliphatic rings. The Morgan fingerprint density at radius 1 is 1.38 bits per heavy atom. The fourth-order valence-electron chi connectivity index (χ4n) is 3.47. The maximum atomic E-state index is 13.0. The molecule has 0 bridgehead atoms. The van der Waals surface area contributed by atoms with E-state index < -0.39 is 4.92 Å². The van der Waals surface area contributed by atoms with Gasteiger partial charge >= 0.3 is 0 Å². The van der Waals surface area contributed by atoms with Gasteiger partial charge in [0.1, 0.15) is 0 Å². The first-order valence-corrected chi connectivity index (χ1v) is 9.66. The highest BCUT2D eigenvalue weighted by atomic mass is 16.6. The summed E-state index contributed by atoms with van der Waals surface area (Å²) in [6, 6.07) is 5.94. The largest absolute Gasteiger partial charge is 0.352 e. The molecular formula is C19H24N6O4. The Hall–Kier alpha value is -3.30.